The van der Waals surface area contributed by atoms with Crippen molar-refractivity contribution in [3.8, 4) is 5.75 Å². The lowest BCUT2D eigenvalue weighted by molar-refractivity contribution is 0.312. The highest BCUT2D eigenvalue weighted by Gasteiger charge is 2.28. The Morgan fingerprint density at radius 1 is 1.25 bits per heavy atom. The number of nitrogens with zero attached hydrogens (tertiary/aromatic N) is 2. The Morgan fingerprint density at radius 3 is 3.00 bits per heavy atom. The molecule has 4 heteroatoms. The summed E-state index contributed by atoms with van der Waals surface area (Å²) < 4.78 is 11.4. The molecule has 2 heterocycles. The Kier molecular flexibility index (Phi) is 3.98. The number of aromatic nitrogens is 1. The van der Waals surface area contributed by atoms with Gasteiger partial charge in [-0.25, -0.2) is 4.98 Å². The second-order valence-corrected chi connectivity index (χ2v) is 6.56. The fourth-order valence-corrected chi connectivity index (χ4v) is 3.48. The van der Waals surface area contributed by atoms with Gasteiger partial charge in [-0.2, -0.15) is 0 Å². The summed E-state index contributed by atoms with van der Waals surface area (Å²) in [5.41, 5.74) is 4.30. The highest BCUT2D eigenvalue weighted by Crippen LogP contribution is 2.31. The summed E-state index contributed by atoms with van der Waals surface area (Å²) in [7, 11) is 1.73. The smallest absolute Gasteiger partial charge is 0.199 e. The van der Waals surface area contributed by atoms with Crippen LogP contribution in [0, 0.1) is 6.92 Å². The van der Waals surface area contributed by atoms with Crippen LogP contribution in [0.1, 0.15) is 29.4 Å². The predicted octanol–water partition coefficient (Wildman–Crippen LogP) is 4.13. The molecule has 0 radical (unpaired) electrons. The van der Waals surface area contributed by atoms with E-state index >= 15 is 0 Å². The van der Waals surface area contributed by atoms with E-state index in [4.69, 9.17) is 14.1 Å². The Balaban J connectivity index is 1.49. The lowest BCUT2D eigenvalue weighted by atomic mass is 10.1. The van der Waals surface area contributed by atoms with Gasteiger partial charge in [0.2, 0.25) is 0 Å². The molecule has 0 N–H and O–H groups in total. The molecule has 4 rings (SSSR count). The number of oxazole rings is 1. The molecule has 0 spiro atoms. The van der Waals surface area contributed by atoms with E-state index < -0.39 is 0 Å². The van der Waals surface area contributed by atoms with Gasteiger partial charge in [0.25, 0.3) is 0 Å². The van der Waals surface area contributed by atoms with E-state index in [1.165, 1.54) is 11.1 Å². The molecule has 1 fully saturated rings. The molecule has 0 saturated carbocycles. The Bertz CT molecular complexity index is 856. The molecule has 1 saturated heterocycles. The van der Waals surface area contributed by atoms with Crippen LogP contribution in [-0.2, 0) is 6.54 Å². The van der Waals surface area contributed by atoms with E-state index in [2.05, 4.69) is 36.1 Å². The molecule has 4 nitrogen and oxygen atoms in total. The van der Waals surface area contributed by atoms with E-state index in [0.29, 0.717) is 5.92 Å². The summed E-state index contributed by atoms with van der Waals surface area (Å²) in [6.07, 6.45) is 1.08. The number of hydrogen-bond acceptors (Lipinski definition) is 4. The lowest BCUT2D eigenvalue weighted by Crippen LogP contribution is -2.20. The predicted molar refractivity (Wildman–Crippen MR) is 94.4 cm³/mol. The second-order valence-electron chi connectivity index (χ2n) is 6.56. The highest BCUT2D eigenvalue weighted by molar-refractivity contribution is 5.73. The third-order valence-electron chi connectivity index (χ3n) is 4.77. The highest BCUT2D eigenvalue weighted by atomic mass is 16.5. The molecule has 1 aromatic heterocycles. The molecule has 1 aliphatic rings. The van der Waals surface area contributed by atoms with E-state index in [9.17, 15) is 0 Å². The number of methoxy groups -OCH3 is 1. The Hall–Kier alpha value is -2.33. The van der Waals surface area contributed by atoms with Crippen LogP contribution >= 0.6 is 0 Å². The molecule has 0 bridgehead atoms. The van der Waals surface area contributed by atoms with Crippen molar-refractivity contribution in [2.24, 2.45) is 0 Å². The first-order chi connectivity index (χ1) is 11.7. The maximum atomic E-state index is 5.99. The first-order valence-corrected chi connectivity index (χ1v) is 8.44. The maximum absolute atomic E-state index is 5.99. The van der Waals surface area contributed by atoms with Crippen LogP contribution in [0.25, 0.3) is 11.1 Å². The number of aryl methyl sites for hydroxylation is 1. The molecule has 1 atom stereocenters. The molecule has 1 aliphatic heterocycles. The molecule has 0 unspecified atom stereocenters. The van der Waals surface area contributed by atoms with E-state index in [0.717, 1.165) is 48.8 Å². The van der Waals surface area contributed by atoms with Crippen molar-refractivity contribution in [2.75, 3.05) is 20.2 Å². The summed E-state index contributed by atoms with van der Waals surface area (Å²) in [6, 6.07) is 14.4. The van der Waals surface area contributed by atoms with Gasteiger partial charge in [0.15, 0.2) is 11.5 Å². The molecule has 24 heavy (non-hydrogen) atoms. The summed E-state index contributed by atoms with van der Waals surface area (Å²) in [5.74, 6) is 2.20. The van der Waals surface area contributed by atoms with Crippen molar-refractivity contribution in [3.63, 3.8) is 0 Å². The molecule has 0 aliphatic carbocycles. The third-order valence-corrected chi connectivity index (χ3v) is 4.77. The summed E-state index contributed by atoms with van der Waals surface area (Å²) in [5, 5.41) is 0. The average Bonchev–Trinajstić information content (AvgIpc) is 3.21. The quantitative estimate of drug-likeness (QED) is 0.724. The van der Waals surface area contributed by atoms with Crippen LogP contribution in [-0.4, -0.2) is 30.1 Å². The number of para-hydroxylation sites is 1. The standard InChI is InChI=1S/C20H22N2O2/c1-14-7-8-19-17(11-14)21-20(24-19)16-9-10-22(13-16)12-15-5-3-4-6-18(15)23-2/h3-8,11,16H,9-10,12-13H2,1-2H3/t16-/m0/s1. The van der Waals surface area contributed by atoms with E-state index in [1.807, 2.05) is 18.2 Å². The van der Waals surface area contributed by atoms with Crippen LogP contribution in [0.3, 0.4) is 0 Å². The van der Waals surface area contributed by atoms with Crippen LogP contribution in [0.5, 0.6) is 5.75 Å². The van der Waals surface area contributed by atoms with Crippen molar-refractivity contribution < 1.29 is 9.15 Å². The molecular weight excluding hydrogens is 300 g/mol. The lowest BCUT2D eigenvalue weighted by Gasteiger charge is -2.17. The van der Waals surface area contributed by atoms with Crippen LogP contribution < -0.4 is 4.74 Å². The topological polar surface area (TPSA) is 38.5 Å². The van der Waals surface area contributed by atoms with Crippen LogP contribution in [0.2, 0.25) is 0 Å². The maximum Gasteiger partial charge on any atom is 0.199 e. The first-order valence-electron chi connectivity index (χ1n) is 8.44. The van der Waals surface area contributed by atoms with Gasteiger partial charge in [0.1, 0.15) is 11.3 Å². The van der Waals surface area contributed by atoms with Gasteiger partial charge >= 0.3 is 0 Å². The van der Waals surface area contributed by atoms with E-state index in [-0.39, 0.29) is 0 Å². The Morgan fingerprint density at radius 2 is 2.12 bits per heavy atom. The summed E-state index contributed by atoms with van der Waals surface area (Å²) in [6.45, 7) is 5.02. The van der Waals surface area contributed by atoms with Gasteiger partial charge in [0, 0.05) is 24.6 Å². The van der Waals surface area contributed by atoms with Gasteiger partial charge in [-0.3, -0.25) is 4.90 Å². The molecule has 2 aromatic carbocycles. The normalized spacial score (nSPS) is 18.3. The summed E-state index contributed by atoms with van der Waals surface area (Å²) >= 11 is 0. The fraction of sp³-hybridized carbons (Fsp3) is 0.350. The minimum atomic E-state index is 0.368. The minimum Gasteiger partial charge on any atom is -0.496 e. The zero-order valence-electron chi connectivity index (χ0n) is 14.2. The minimum absolute atomic E-state index is 0.368. The molecular formula is C20H22N2O2. The largest absolute Gasteiger partial charge is 0.496 e. The SMILES string of the molecule is COc1ccccc1CN1CC[C@H](c2nc3cc(C)ccc3o2)C1. The van der Waals surface area contributed by atoms with Crippen molar-refractivity contribution >= 4 is 11.1 Å². The average molecular weight is 322 g/mol. The number of benzene rings is 2. The monoisotopic (exact) mass is 322 g/mol. The van der Waals surface area contributed by atoms with Gasteiger partial charge in [0.05, 0.1) is 7.11 Å². The fourth-order valence-electron chi connectivity index (χ4n) is 3.48. The third kappa shape index (κ3) is 2.89. The van der Waals surface area contributed by atoms with Crippen LogP contribution in [0.4, 0.5) is 0 Å². The van der Waals surface area contributed by atoms with E-state index in [1.54, 1.807) is 7.11 Å². The number of rotatable bonds is 4. The number of hydrogen-bond donors (Lipinski definition) is 0. The zero-order chi connectivity index (χ0) is 16.5. The Labute approximate surface area is 142 Å². The van der Waals surface area contributed by atoms with Crippen molar-refractivity contribution in [2.45, 2.75) is 25.8 Å². The van der Waals surface area contributed by atoms with Gasteiger partial charge in [-0.1, -0.05) is 24.3 Å². The van der Waals surface area contributed by atoms with Crippen molar-refractivity contribution in [3.05, 3.63) is 59.5 Å². The summed E-state index contributed by atoms with van der Waals surface area (Å²) in [4.78, 5) is 7.16. The number of fused-ring (bicyclic) bond motifs is 1. The second kappa shape index (κ2) is 6.29. The number of likely N-dealkylation sites (tertiary alicyclic amines) is 1. The van der Waals surface area contributed by atoms with Gasteiger partial charge < -0.3 is 9.15 Å². The molecule has 0 amide bonds. The van der Waals surface area contributed by atoms with Crippen molar-refractivity contribution in [1.29, 1.82) is 0 Å². The van der Waals surface area contributed by atoms with Gasteiger partial charge in [-0.05, 0) is 43.7 Å². The van der Waals surface area contributed by atoms with Crippen molar-refractivity contribution in [1.82, 2.24) is 9.88 Å². The number of ether oxygens (including phenoxy) is 1. The van der Waals surface area contributed by atoms with Gasteiger partial charge in [-0.15, -0.1) is 0 Å². The first kappa shape index (κ1) is 15.2. The zero-order valence-corrected chi connectivity index (χ0v) is 14.2. The van der Waals surface area contributed by atoms with Crippen LogP contribution in [0.15, 0.2) is 46.9 Å². The molecule has 3 aromatic rings. The molecule has 124 valence electrons.